The first-order chi connectivity index (χ1) is 17.3. The number of anilines is 1. The van der Waals surface area contributed by atoms with Crippen LogP contribution in [0.1, 0.15) is 60.0 Å². The molecule has 1 N–H and O–H groups in total. The molecule has 2 heterocycles. The van der Waals surface area contributed by atoms with E-state index < -0.39 is 17.4 Å². The van der Waals surface area contributed by atoms with Gasteiger partial charge in [-0.1, -0.05) is 38.1 Å². The second kappa shape index (κ2) is 10.7. The van der Waals surface area contributed by atoms with E-state index in [0.717, 1.165) is 16.9 Å². The normalized spacial score (nSPS) is 11.0. The summed E-state index contributed by atoms with van der Waals surface area (Å²) in [5, 5.41) is 9.64. The van der Waals surface area contributed by atoms with Gasteiger partial charge < -0.3 is 14.8 Å². The summed E-state index contributed by atoms with van der Waals surface area (Å²) in [5.74, 6) is -0.314. The topological polar surface area (TPSA) is 99.5 Å². The van der Waals surface area contributed by atoms with Gasteiger partial charge in [0, 0.05) is 10.8 Å². The van der Waals surface area contributed by atoms with Crippen molar-refractivity contribution in [3.8, 4) is 11.4 Å². The van der Waals surface area contributed by atoms with E-state index in [1.165, 1.54) is 4.68 Å². The number of esters is 1. The van der Waals surface area contributed by atoms with Crippen molar-refractivity contribution in [3.63, 3.8) is 0 Å². The van der Waals surface area contributed by atoms with E-state index in [0.29, 0.717) is 39.9 Å². The van der Waals surface area contributed by atoms with Crippen molar-refractivity contribution in [3.05, 3.63) is 81.1 Å². The highest BCUT2D eigenvalue weighted by molar-refractivity contribution is 7.16. The van der Waals surface area contributed by atoms with E-state index in [2.05, 4.69) is 24.3 Å². The number of hydrogen-bond donors (Lipinski definition) is 1. The zero-order chi connectivity index (χ0) is 25.8. The SMILES string of the molecule is CCOC(=O)c1nn(-c2ccc(C(C)C)cc2)c(=O)c2c(NC(=O)c3ccccc3OCC)scc12. The zero-order valence-corrected chi connectivity index (χ0v) is 21.3. The minimum absolute atomic E-state index is 0.00542. The highest BCUT2D eigenvalue weighted by atomic mass is 32.1. The van der Waals surface area contributed by atoms with Gasteiger partial charge >= 0.3 is 5.97 Å². The van der Waals surface area contributed by atoms with Crippen LogP contribution in [-0.4, -0.2) is 34.9 Å². The summed E-state index contributed by atoms with van der Waals surface area (Å²) in [4.78, 5) is 39.5. The number of ether oxygens (including phenoxy) is 2. The number of fused-ring (bicyclic) bond motifs is 1. The molecule has 186 valence electrons. The van der Waals surface area contributed by atoms with Crippen LogP contribution in [0, 0.1) is 0 Å². The summed E-state index contributed by atoms with van der Waals surface area (Å²) in [6, 6.07) is 14.3. The molecule has 9 heteroatoms. The van der Waals surface area contributed by atoms with Gasteiger partial charge in [0.05, 0.1) is 29.9 Å². The largest absolute Gasteiger partial charge is 0.493 e. The molecule has 0 fully saturated rings. The number of nitrogens with zero attached hydrogens (tertiary/aromatic N) is 2. The van der Waals surface area contributed by atoms with E-state index in [-0.39, 0.29) is 17.7 Å². The highest BCUT2D eigenvalue weighted by Crippen LogP contribution is 2.32. The predicted octanol–water partition coefficient (Wildman–Crippen LogP) is 5.40. The average Bonchev–Trinajstić information content (AvgIpc) is 3.29. The Bertz CT molecular complexity index is 1470. The second-order valence-corrected chi connectivity index (χ2v) is 9.15. The van der Waals surface area contributed by atoms with Crippen molar-refractivity contribution in [1.82, 2.24) is 9.78 Å². The van der Waals surface area contributed by atoms with Gasteiger partial charge in [-0.2, -0.15) is 9.78 Å². The third-order valence-corrected chi connectivity index (χ3v) is 6.48. The molecule has 0 spiro atoms. The zero-order valence-electron chi connectivity index (χ0n) is 20.5. The number of benzene rings is 2. The molecule has 4 aromatic rings. The van der Waals surface area contributed by atoms with Crippen LogP contribution in [0.3, 0.4) is 0 Å². The molecule has 0 saturated heterocycles. The molecule has 36 heavy (non-hydrogen) atoms. The summed E-state index contributed by atoms with van der Waals surface area (Å²) in [6.45, 7) is 8.25. The number of hydrogen-bond acceptors (Lipinski definition) is 7. The lowest BCUT2D eigenvalue weighted by Crippen LogP contribution is -2.25. The molecular weight excluding hydrogens is 478 g/mol. The number of nitrogens with one attached hydrogen (secondary N) is 1. The Hall–Kier alpha value is -3.98. The Morgan fingerprint density at radius 2 is 1.78 bits per heavy atom. The molecule has 0 aliphatic rings. The van der Waals surface area contributed by atoms with E-state index in [4.69, 9.17) is 9.47 Å². The fourth-order valence-electron chi connectivity index (χ4n) is 3.77. The maximum atomic E-state index is 13.6. The Labute approximate surface area is 212 Å². The molecule has 1 amide bonds. The van der Waals surface area contributed by atoms with Crippen molar-refractivity contribution < 1.29 is 19.1 Å². The smallest absolute Gasteiger partial charge is 0.359 e. The van der Waals surface area contributed by atoms with Gasteiger partial charge in [0.1, 0.15) is 10.8 Å². The van der Waals surface area contributed by atoms with Gasteiger partial charge in [-0.3, -0.25) is 9.59 Å². The van der Waals surface area contributed by atoms with Gasteiger partial charge in [-0.15, -0.1) is 11.3 Å². The van der Waals surface area contributed by atoms with E-state index in [1.807, 2.05) is 19.1 Å². The molecule has 0 bridgehead atoms. The van der Waals surface area contributed by atoms with Crippen molar-refractivity contribution in [2.45, 2.75) is 33.6 Å². The maximum Gasteiger partial charge on any atom is 0.359 e. The Morgan fingerprint density at radius 1 is 1.06 bits per heavy atom. The average molecular weight is 506 g/mol. The van der Waals surface area contributed by atoms with Crippen molar-refractivity contribution in [2.24, 2.45) is 0 Å². The molecule has 0 atom stereocenters. The second-order valence-electron chi connectivity index (χ2n) is 8.27. The fraction of sp³-hybridized carbons (Fsp3) is 0.259. The number of amides is 1. The molecule has 0 aliphatic heterocycles. The molecule has 4 rings (SSSR count). The van der Waals surface area contributed by atoms with Crippen LogP contribution in [0.15, 0.2) is 58.7 Å². The molecule has 0 radical (unpaired) electrons. The quantitative estimate of drug-likeness (QED) is 0.322. The van der Waals surface area contributed by atoms with Crippen LogP contribution < -0.4 is 15.6 Å². The molecule has 0 aliphatic carbocycles. The standard InChI is InChI=1S/C27H27N3O5S/c1-5-34-21-10-8-7-9-19(21)24(31)28-25-22-20(15-36-25)23(27(33)35-6-2)29-30(26(22)32)18-13-11-17(12-14-18)16(3)4/h7-16H,5-6H2,1-4H3,(H,28,31). The Balaban J connectivity index is 1.85. The lowest BCUT2D eigenvalue weighted by atomic mass is 10.0. The summed E-state index contributed by atoms with van der Waals surface area (Å²) in [7, 11) is 0. The van der Waals surface area contributed by atoms with Crippen LogP contribution in [0.5, 0.6) is 5.75 Å². The first-order valence-electron chi connectivity index (χ1n) is 11.7. The van der Waals surface area contributed by atoms with Gasteiger partial charge in [-0.05, 0) is 49.6 Å². The third kappa shape index (κ3) is 4.87. The molecule has 2 aromatic carbocycles. The van der Waals surface area contributed by atoms with Crippen molar-refractivity contribution >= 4 is 39.0 Å². The van der Waals surface area contributed by atoms with Crippen LogP contribution in [0.4, 0.5) is 5.00 Å². The first kappa shape index (κ1) is 25.1. The number of carbonyl (C=O) groups is 2. The van der Waals surface area contributed by atoms with E-state index in [1.54, 1.807) is 48.7 Å². The van der Waals surface area contributed by atoms with Crippen LogP contribution in [0.2, 0.25) is 0 Å². The Kier molecular flexibility index (Phi) is 7.49. The Morgan fingerprint density at radius 3 is 2.44 bits per heavy atom. The molecule has 8 nitrogen and oxygen atoms in total. The molecule has 0 saturated carbocycles. The highest BCUT2D eigenvalue weighted by Gasteiger charge is 2.24. The molecule has 2 aromatic heterocycles. The minimum atomic E-state index is -0.646. The molecule has 0 unspecified atom stereocenters. The van der Waals surface area contributed by atoms with Crippen LogP contribution in [-0.2, 0) is 4.74 Å². The fourth-order valence-corrected chi connectivity index (χ4v) is 4.71. The summed E-state index contributed by atoms with van der Waals surface area (Å²) < 4.78 is 12.0. The van der Waals surface area contributed by atoms with Gasteiger partial charge in [0.2, 0.25) is 0 Å². The number of aromatic nitrogens is 2. The summed E-state index contributed by atoms with van der Waals surface area (Å²) in [5.41, 5.74) is 1.50. The monoisotopic (exact) mass is 505 g/mol. The van der Waals surface area contributed by atoms with Crippen molar-refractivity contribution in [2.75, 3.05) is 18.5 Å². The first-order valence-corrected chi connectivity index (χ1v) is 12.6. The van der Waals surface area contributed by atoms with Crippen molar-refractivity contribution in [1.29, 1.82) is 0 Å². The number of thiophene rings is 1. The third-order valence-electron chi connectivity index (χ3n) is 5.58. The van der Waals surface area contributed by atoms with Crippen LogP contribution >= 0.6 is 11.3 Å². The lowest BCUT2D eigenvalue weighted by molar-refractivity contribution is 0.0520. The lowest BCUT2D eigenvalue weighted by Gasteiger charge is -2.12. The maximum absolute atomic E-state index is 13.6. The summed E-state index contributed by atoms with van der Waals surface area (Å²) >= 11 is 1.15. The van der Waals surface area contributed by atoms with Crippen LogP contribution in [0.25, 0.3) is 16.5 Å². The van der Waals surface area contributed by atoms with E-state index in [9.17, 15) is 14.4 Å². The minimum Gasteiger partial charge on any atom is -0.493 e. The predicted molar refractivity (Wildman–Crippen MR) is 141 cm³/mol. The molecular formula is C27H27N3O5S. The van der Waals surface area contributed by atoms with E-state index >= 15 is 0 Å². The number of para-hydroxylation sites is 1. The summed E-state index contributed by atoms with van der Waals surface area (Å²) in [6.07, 6.45) is 0. The van der Waals surface area contributed by atoms with Gasteiger partial charge in [-0.25, -0.2) is 4.79 Å². The number of carbonyl (C=O) groups excluding carboxylic acids is 2. The van der Waals surface area contributed by atoms with Gasteiger partial charge in [0.25, 0.3) is 11.5 Å². The number of rotatable bonds is 8. The van der Waals surface area contributed by atoms with Gasteiger partial charge in [0.15, 0.2) is 5.69 Å².